The van der Waals surface area contributed by atoms with E-state index >= 15 is 0 Å². The molecule has 0 aliphatic carbocycles. The minimum absolute atomic E-state index is 0.796. The highest BCUT2D eigenvalue weighted by Crippen LogP contribution is 2.07. The first-order valence-electron chi connectivity index (χ1n) is 3.48. The van der Waals surface area contributed by atoms with Gasteiger partial charge in [0.15, 0.2) is 0 Å². The number of hydrogen-bond donors (Lipinski definition) is 0. The molecule has 0 rings (SSSR count). The van der Waals surface area contributed by atoms with Crippen molar-refractivity contribution in [3.8, 4) is 6.07 Å². The third-order valence-corrected chi connectivity index (χ3v) is 1.44. The largest absolute Gasteiger partial charge is 0.192 e. The van der Waals surface area contributed by atoms with Crippen molar-refractivity contribution in [1.82, 2.24) is 0 Å². The molecule has 0 spiro atoms. The maximum absolute atomic E-state index is 8.60. The van der Waals surface area contributed by atoms with E-state index in [1.165, 1.54) is 0 Å². The van der Waals surface area contributed by atoms with E-state index in [1.54, 1.807) is 0 Å². The monoisotopic (exact) mass is 135 g/mol. The summed E-state index contributed by atoms with van der Waals surface area (Å²) in [5.41, 5.74) is 1.95. The summed E-state index contributed by atoms with van der Waals surface area (Å²) in [5, 5.41) is 8.60. The molecular weight excluding hydrogens is 122 g/mol. The van der Waals surface area contributed by atoms with Gasteiger partial charge in [0.2, 0.25) is 0 Å². The molecule has 54 valence electrons. The lowest BCUT2D eigenvalue weighted by Crippen LogP contribution is -1.79. The van der Waals surface area contributed by atoms with E-state index in [2.05, 4.69) is 13.0 Å². The summed E-state index contributed by atoms with van der Waals surface area (Å²) in [6.07, 6.45) is 4.68. The Bertz CT molecular complexity index is 191. The molecule has 1 nitrogen and oxygen atoms in total. The normalized spacial score (nSPS) is 13.0. The lowest BCUT2D eigenvalue weighted by Gasteiger charge is -1.94. The smallest absolute Gasteiger partial charge is 0.0990 e. The van der Waals surface area contributed by atoms with Crippen molar-refractivity contribution in [2.24, 2.45) is 0 Å². The summed E-state index contributed by atoms with van der Waals surface area (Å²) in [6.45, 7) is 5.95. The molecule has 0 bridgehead atoms. The zero-order chi connectivity index (χ0) is 7.98. The van der Waals surface area contributed by atoms with E-state index in [0.717, 1.165) is 17.6 Å². The average molecular weight is 135 g/mol. The Labute approximate surface area is 62.7 Å². The molecule has 0 fully saturated rings. The first-order chi connectivity index (χ1) is 4.76. The van der Waals surface area contributed by atoms with Crippen molar-refractivity contribution in [2.75, 3.05) is 0 Å². The highest BCUT2D eigenvalue weighted by molar-refractivity contribution is 5.36. The van der Waals surface area contributed by atoms with Gasteiger partial charge in [-0.1, -0.05) is 18.6 Å². The molecule has 0 aromatic carbocycles. The van der Waals surface area contributed by atoms with Gasteiger partial charge in [-0.05, 0) is 26.3 Å². The fourth-order valence-corrected chi connectivity index (χ4v) is 0.632. The van der Waals surface area contributed by atoms with E-state index in [9.17, 15) is 0 Å². The lowest BCUT2D eigenvalue weighted by molar-refractivity contribution is 1.08. The molecule has 0 aliphatic rings. The summed E-state index contributed by atoms with van der Waals surface area (Å²) in [4.78, 5) is 0. The quantitative estimate of drug-likeness (QED) is 0.422. The van der Waals surface area contributed by atoms with Crippen LogP contribution in [0.3, 0.4) is 0 Å². The predicted octanol–water partition coefficient (Wildman–Crippen LogP) is 2.81. The van der Waals surface area contributed by atoms with Crippen molar-refractivity contribution >= 4 is 0 Å². The third-order valence-electron chi connectivity index (χ3n) is 1.44. The Morgan fingerprint density at radius 3 is 2.50 bits per heavy atom. The standard InChI is InChI=1S/C9H13N/c1-4-6-9(7-10)8(3)5-2/h4,6H,5H2,1-3H3. The lowest BCUT2D eigenvalue weighted by atomic mass is 10.1. The van der Waals surface area contributed by atoms with Crippen molar-refractivity contribution in [1.29, 1.82) is 5.26 Å². The van der Waals surface area contributed by atoms with Gasteiger partial charge < -0.3 is 0 Å². The molecule has 0 radical (unpaired) electrons. The van der Waals surface area contributed by atoms with Gasteiger partial charge in [0.05, 0.1) is 11.6 Å². The van der Waals surface area contributed by atoms with E-state index in [0.29, 0.717) is 0 Å². The Hall–Kier alpha value is -1.03. The van der Waals surface area contributed by atoms with E-state index in [-0.39, 0.29) is 0 Å². The van der Waals surface area contributed by atoms with Gasteiger partial charge in [0, 0.05) is 0 Å². The average Bonchev–Trinajstić information content (AvgIpc) is 1.99. The molecule has 10 heavy (non-hydrogen) atoms. The van der Waals surface area contributed by atoms with E-state index < -0.39 is 0 Å². The molecule has 0 saturated carbocycles. The van der Waals surface area contributed by atoms with Crippen LogP contribution < -0.4 is 0 Å². The molecule has 0 unspecified atom stereocenters. The highest BCUT2D eigenvalue weighted by Gasteiger charge is 1.92. The van der Waals surface area contributed by atoms with E-state index in [4.69, 9.17) is 5.26 Å². The number of nitriles is 1. The van der Waals surface area contributed by atoms with Crippen LogP contribution in [0.4, 0.5) is 0 Å². The van der Waals surface area contributed by atoms with Crippen LogP contribution in [0.2, 0.25) is 0 Å². The molecule has 0 aromatic rings. The second kappa shape index (κ2) is 4.81. The van der Waals surface area contributed by atoms with Crippen LogP contribution in [-0.4, -0.2) is 0 Å². The molecule has 0 N–H and O–H groups in total. The zero-order valence-electron chi connectivity index (χ0n) is 6.81. The van der Waals surface area contributed by atoms with Crippen LogP contribution in [0.1, 0.15) is 27.2 Å². The molecule has 0 aromatic heterocycles. The SMILES string of the molecule is CC=CC(C#N)=C(C)CC. The summed E-state index contributed by atoms with van der Waals surface area (Å²) < 4.78 is 0. The summed E-state index contributed by atoms with van der Waals surface area (Å²) in [6, 6.07) is 2.15. The minimum atomic E-state index is 0.796. The van der Waals surface area contributed by atoms with Crippen molar-refractivity contribution in [3.05, 3.63) is 23.3 Å². The topological polar surface area (TPSA) is 23.8 Å². The molecule has 0 heterocycles. The molecular formula is C9H13N. The summed E-state index contributed by atoms with van der Waals surface area (Å²) in [7, 11) is 0. The van der Waals surface area contributed by atoms with Crippen LogP contribution in [0.15, 0.2) is 23.3 Å². The first kappa shape index (κ1) is 8.97. The third kappa shape index (κ3) is 2.50. The molecule has 0 atom stereocenters. The Kier molecular flexibility index (Phi) is 4.32. The van der Waals surface area contributed by atoms with Crippen molar-refractivity contribution < 1.29 is 0 Å². The fourth-order valence-electron chi connectivity index (χ4n) is 0.632. The number of nitrogens with zero attached hydrogens (tertiary/aromatic N) is 1. The van der Waals surface area contributed by atoms with Crippen LogP contribution in [0, 0.1) is 11.3 Å². The Morgan fingerprint density at radius 2 is 2.20 bits per heavy atom. The Balaban J connectivity index is 4.50. The molecule has 0 aliphatic heterocycles. The second-order valence-electron chi connectivity index (χ2n) is 2.16. The number of allylic oxidation sites excluding steroid dienone is 4. The minimum Gasteiger partial charge on any atom is -0.192 e. The maximum atomic E-state index is 8.60. The number of hydrogen-bond acceptors (Lipinski definition) is 1. The van der Waals surface area contributed by atoms with E-state index in [1.807, 2.05) is 26.0 Å². The molecule has 0 saturated heterocycles. The van der Waals surface area contributed by atoms with Crippen molar-refractivity contribution in [2.45, 2.75) is 27.2 Å². The van der Waals surface area contributed by atoms with Gasteiger partial charge in [-0.25, -0.2) is 0 Å². The Morgan fingerprint density at radius 1 is 1.60 bits per heavy atom. The second-order valence-corrected chi connectivity index (χ2v) is 2.16. The molecule has 0 amide bonds. The van der Waals surface area contributed by atoms with Crippen LogP contribution in [0.25, 0.3) is 0 Å². The summed E-state index contributed by atoms with van der Waals surface area (Å²) in [5.74, 6) is 0. The fraction of sp³-hybridized carbons (Fsp3) is 0.444. The van der Waals surface area contributed by atoms with Gasteiger partial charge in [-0.2, -0.15) is 5.26 Å². The number of rotatable bonds is 2. The zero-order valence-corrected chi connectivity index (χ0v) is 6.81. The predicted molar refractivity (Wildman–Crippen MR) is 43.4 cm³/mol. The van der Waals surface area contributed by atoms with Crippen LogP contribution in [-0.2, 0) is 0 Å². The van der Waals surface area contributed by atoms with Gasteiger partial charge in [-0.3, -0.25) is 0 Å². The van der Waals surface area contributed by atoms with Gasteiger partial charge in [0.1, 0.15) is 0 Å². The van der Waals surface area contributed by atoms with Crippen LogP contribution >= 0.6 is 0 Å². The van der Waals surface area contributed by atoms with Gasteiger partial charge in [-0.15, -0.1) is 0 Å². The van der Waals surface area contributed by atoms with Gasteiger partial charge in [0.25, 0.3) is 0 Å². The maximum Gasteiger partial charge on any atom is 0.0990 e. The van der Waals surface area contributed by atoms with Gasteiger partial charge >= 0.3 is 0 Å². The van der Waals surface area contributed by atoms with Crippen LogP contribution in [0.5, 0.6) is 0 Å². The first-order valence-corrected chi connectivity index (χ1v) is 3.48. The van der Waals surface area contributed by atoms with Crippen molar-refractivity contribution in [3.63, 3.8) is 0 Å². The summed E-state index contributed by atoms with van der Waals surface area (Å²) >= 11 is 0. The highest BCUT2D eigenvalue weighted by atomic mass is 14.2. The molecule has 1 heteroatoms.